The number of allylic oxidation sites excluding steroid dienone is 2. The van der Waals surface area contributed by atoms with E-state index in [0.717, 1.165) is 5.92 Å². The Labute approximate surface area is 116 Å². The highest BCUT2D eigenvalue weighted by molar-refractivity contribution is 5.46. The number of rotatable bonds is 1. The van der Waals surface area contributed by atoms with Crippen molar-refractivity contribution in [3.05, 3.63) is 46.5 Å². The average molecular weight is 252 g/mol. The predicted molar refractivity (Wildman–Crippen MR) is 80.6 cm³/mol. The highest BCUT2D eigenvalue weighted by atomic mass is 14.5. The molecule has 0 radical (unpaired) electrons. The van der Waals surface area contributed by atoms with Crippen LogP contribution in [-0.2, 0) is 11.8 Å². The van der Waals surface area contributed by atoms with Crippen LogP contribution in [-0.4, -0.2) is 0 Å². The number of fused-ring (bicyclic) bond motifs is 5. The fraction of sp³-hybridized carbons (Fsp3) is 0.579. The highest BCUT2D eigenvalue weighted by Crippen LogP contribution is 2.58. The maximum Gasteiger partial charge on any atom is 0.00273 e. The molecule has 0 aliphatic heterocycles. The molecular formula is C19H24. The van der Waals surface area contributed by atoms with Crippen molar-refractivity contribution >= 4 is 0 Å². The van der Waals surface area contributed by atoms with Crippen LogP contribution >= 0.6 is 0 Å². The van der Waals surface area contributed by atoms with E-state index in [4.69, 9.17) is 0 Å². The lowest BCUT2D eigenvalue weighted by atomic mass is 9.62. The molecule has 1 saturated carbocycles. The molecule has 0 N–H and O–H groups in total. The third kappa shape index (κ3) is 1.58. The lowest BCUT2D eigenvalue weighted by Crippen LogP contribution is -2.35. The van der Waals surface area contributed by atoms with E-state index in [9.17, 15) is 0 Å². The Morgan fingerprint density at radius 2 is 2.16 bits per heavy atom. The first-order valence-electron chi connectivity index (χ1n) is 8.00. The number of benzene rings is 1. The van der Waals surface area contributed by atoms with Gasteiger partial charge >= 0.3 is 0 Å². The van der Waals surface area contributed by atoms with Crippen LogP contribution in [0, 0.1) is 5.92 Å². The van der Waals surface area contributed by atoms with Gasteiger partial charge < -0.3 is 0 Å². The molecule has 0 aromatic heterocycles. The molecule has 4 rings (SSSR count). The Hall–Kier alpha value is -1.04. The van der Waals surface area contributed by atoms with E-state index in [-0.39, 0.29) is 0 Å². The molecule has 3 aliphatic rings. The van der Waals surface area contributed by atoms with Gasteiger partial charge in [0.2, 0.25) is 0 Å². The van der Waals surface area contributed by atoms with Gasteiger partial charge in [-0.1, -0.05) is 43.7 Å². The molecule has 0 heteroatoms. The molecule has 1 aromatic carbocycles. The van der Waals surface area contributed by atoms with Crippen LogP contribution in [0.25, 0.3) is 0 Å². The summed E-state index contributed by atoms with van der Waals surface area (Å²) in [6, 6.07) is 7.38. The van der Waals surface area contributed by atoms with E-state index in [1.54, 1.807) is 16.7 Å². The molecule has 1 aromatic rings. The lowest BCUT2D eigenvalue weighted by Gasteiger charge is -2.42. The molecule has 2 unspecified atom stereocenters. The zero-order valence-electron chi connectivity index (χ0n) is 12.2. The molecule has 0 amide bonds. The smallest absolute Gasteiger partial charge is 0.00273 e. The quantitative estimate of drug-likeness (QED) is 0.608. The van der Waals surface area contributed by atoms with Gasteiger partial charge in [0.25, 0.3) is 0 Å². The number of aryl methyl sites for hydroxylation is 1. The van der Waals surface area contributed by atoms with Gasteiger partial charge in [-0.05, 0) is 67.1 Å². The van der Waals surface area contributed by atoms with Crippen LogP contribution in [0.1, 0.15) is 68.6 Å². The summed E-state index contributed by atoms with van der Waals surface area (Å²) in [5.74, 6) is 1.58. The van der Waals surface area contributed by atoms with E-state index in [1.165, 1.54) is 44.1 Å². The standard InChI is InChI=1S/C19H24/c1-13(2)16-7-6-15-4-3-9-19(18(15)11-16)12-14-5-8-17(19)10-14/h5-7,11,13,17H,3-4,8-10,12H2,1-2H3. The maximum atomic E-state index is 2.57. The molecule has 0 heterocycles. The second-order valence-electron chi connectivity index (χ2n) is 7.26. The molecule has 100 valence electrons. The Balaban J connectivity index is 1.86. The number of hydrogen-bond donors (Lipinski definition) is 0. The van der Waals surface area contributed by atoms with E-state index >= 15 is 0 Å². The van der Waals surface area contributed by atoms with Crippen molar-refractivity contribution in [1.29, 1.82) is 0 Å². The average Bonchev–Trinajstić information content (AvgIpc) is 3.00. The van der Waals surface area contributed by atoms with Crippen molar-refractivity contribution in [2.24, 2.45) is 5.92 Å². The van der Waals surface area contributed by atoms with E-state index in [1.807, 2.05) is 0 Å². The normalized spacial score (nSPS) is 31.9. The van der Waals surface area contributed by atoms with Gasteiger partial charge in [0.05, 0.1) is 0 Å². The van der Waals surface area contributed by atoms with Crippen molar-refractivity contribution in [3.8, 4) is 0 Å². The summed E-state index contributed by atoms with van der Waals surface area (Å²) in [4.78, 5) is 0. The highest BCUT2D eigenvalue weighted by Gasteiger charge is 2.49. The first-order valence-corrected chi connectivity index (χ1v) is 8.00. The minimum atomic E-state index is 0.530. The van der Waals surface area contributed by atoms with Crippen molar-refractivity contribution in [2.45, 2.75) is 63.7 Å². The molecule has 0 saturated heterocycles. The third-order valence-corrected chi connectivity index (χ3v) is 5.93. The summed E-state index contributed by atoms with van der Waals surface area (Å²) in [6.07, 6.45) is 10.8. The second kappa shape index (κ2) is 3.98. The zero-order valence-corrected chi connectivity index (χ0v) is 12.2. The summed E-state index contributed by atoms with van der Waals surface area (Å²) in [6.45, 7) is 4.64. The summed E-state index contributed by atoms with van der Waals surface area (Å²) in [5.41, 5.74) is 7.22. The fourth-order valence-corrected chi connectivity index (χ4v) is 4.88. The van der Waals surface area contributed by atoms with Crippen LogP contribution in [0.15, 0.2) is 29.8 Å². The molecular weight excluding hydrogens is 228 g/mol. The van der Waals surface area contributed by atoms with Gasteiger partial charge in [-0.15, -0.1) is 0 Å². The lowest BCUT2D eigenvalue weighted by molar-refractivity contribution is 0.269. The van der Waals surface area contributed by atoms with Crippen molar-refractivity contribution < 1.29 is 0 Å². The fourth-order valence-electron chi connectivity index (χ4n) is 4.88. The second-order valence-corrected chi connectivity index (χ2v) is 7.26. The molecule has 1 fully saturated rings. The summed E-state index contributed by atoms with van der Waals surface area (Å²) >= 11 is 0. The minimum absolute atomic E-state index is 0.530. The van der Waals surface area contributed by atoms with Gasteiger partial charge in [-0.25, -0.2) is 0 Å². The van der Waals surface area contributed by atoms with Crippen LogP contribution < -0.4 is 0 Å². The first kappa shape index (κ1) is 11.8. The summed E-state index contributed by atoms with van der Waals surface area (Å²) in [7, 11) is 0. The molecule has 19 heavy (non-hydrogen) atoms. The topological polar surface area (TPSA) is 0 Å². The van der Waals surface area contributed by atoms with Gasteiger partial charge in [0, 0.05) is 5.41 Å². The Morgan fingerprint density at radius 3 is 2.84 bits per heavy atom. The van der Waals surface area contributed by atoms with Crippen LogP contribution in [0.5, 0.6) is 0 Å². The van der Waals surface area contributed by atoms with Gasteiger partial charge in [-0.2, -0.15) is 0 Å². The largest absolute Gasteiger partial charge is 0.0850 e. The molecule has 2 atom stereocenters. The van der Waals surface area contributed by atoms with E-state index < -0.39 is 0 Å². The SMILES string of the molecule is CC(C)c1ccc2c(c1)C1(CCC2)CC2=CCC1C2. The van der Waals surface area contributed by atoms with E-state index in [0.29, 0.717) is 11.3 Å². The monoisotopic (exact) mass is 252 g/mol. The minimum Gasteiger partial charge on any atom is -0.0850 e. The van der Waals surface area contributed by atoms with Crippen LogP contribution in [0.3, 0.4) is 0 Å². The molecule has 3 aliphatic carbocycles. The molecule has 0 nitrogen and oxygen atoms in total. The van der Waals surface area contributed by atoms with Crippen molar-refractivity contribution in [2.75, 3.05) is 0 Å². The Kier molecular flexibility index (Phi) is 2.46. The predicted octanol–water partition coefficient (Wildman–Crippen LogP) is 5.12. The number of hydrogen-bond acceptors (Lipinski definition) is 0. The third-order valence-electron chi connectivity index (χ3n) is 5.93. The van der Waals surface area contributed by atoms with Crippen LogP contribution in [0.4, 0.5) is 0 Å². The van der Waals surface area contributed by atoms with Gasteiger partial charge in [-0.3, -0.25) is 0 Å². The zero-order chi connectivity index (χ0) is 13.0. The maximum absolute atomic E-state index is 2.57. The van der Waals surface area contributed by atoms with E-state index in [2.05, 4.69) is 38.1 Å². The molecule has 1 spiro atoms. The van der Waals surface area contributed by atoms with Crippen molar-refractivity contribution in [1.82, 2.24) is 0 Å². The Morgan fingerprint density at radius 1 is 1.26 bits per heavy atom. The Bertz CT molecular complexity index is 549. The van der Waals surface area contributed by atoms with Crippen molar-refractivity contribution in [3.63, 3.8) is 0 Å². The van der Waals surface area contributed by atoms with Gasteiger partial charge in [0.1, 0.15) is 0 Å². The van der Waals surface area contributed by atoms with Gasteiger partial charge in [0.15, 0.2) is 0 Å². The molecule has 2 bridgehead atoms. The summed E-state index contributed by atoms with van der Waals surface area (Å²) < 4.78 is 0. The first-order chi connectivity index (χ1) is 9.19. The van der Waals surface area contributed by atoms with Crippen LogP contribution in [0.2, 0.25) is 0 Å². The summed E-state index contributed by atoms with van der Waals surface area (Å²) in [5, 5.41) is 0.